The molecule has 2 aliphatic rings. The van der Waals surface area contributed by atoms with Crippen LogP contribution in [0.1, 0.15) is 35.1 Å². The highest BCUT2D eigenvalue weighted by atomic mass is 19.4. The first-order valence-electron chi connectivity index (χ1n) is 12.9. The number of rotatable bonds is 6. The highest BCUT2D eigenvalue weighted by Crippen LogP contribution is 2.41. The van der Waals surface area contributed by atoms with Gasteiger partial charge in [0.05, 0.1) is 17.7 Å². The number of benzene rings is 2. The first-order valence-corrected chi connectivity index (χ1v) is 12.9. The van der Waals surface area contributed by atoms with Crippen LogP contribution in [0.15, 0.2) is 48.6 Å². The lowest BCUT2D eigenvalue weighted by Crippen LogP contribution is -2.21. The Bertz CT molecular complexity index is 1350. The molecule has 1 aromatic heterocycles. The molecule has 0 atom stereocenters. The third-order valence-corrected chi connectivity index (χ3v) is 7.06. The average Bonchev–Trinajstić information content (AvgIpc) is 3.36. The predicted molar refractivity (Wildman–Crippen MR) is 139 cm³/mol. The van der Waals surface area contributed by atoms with Gasteiger partial charge in [0, 0.05) is 30.8 Å². The van der Waals surface area contributed by atoms with Crippen LogP contribution in [0.3, 0.4) is 0 Å². The number of aliphatic hydroxyl groups is 1. The fourth-order valence-electron chi connectivity index (χ4n) is 5.17. The molecule has 12 heteroatoms. The van der Waals surface area contributed by atoms with E-state index in [1.807, 2.05) is 0 Å². The van der Waals surface area contributed by atoms with Gasteiger partial charge in [0.15, 0.2) is 11.6 Å². The lowest BCUT2D eigenvalue weighted by atomic mass is 9.93. The second-order valence-corrected chi connectivity index (χ2v) is 9.61. The van der Waals surface area contributed by atoms with Crippen LogP contribution in [-0.4, -0.2) is 52.7 Å². The van der Waals surface area contributed by atoms with Crippen LogP contribution in [0.25, 0.3) is 33.9 Å². The minimum Gasteiger partial charge on any atom is -0.395 e. The number of aliphatic hydroxyl groups excluding tert-OH is 1. The molecule has 0 unspecified atom stereocenters. The summed E-state index contributed by atoms with van der Waals surface area (Å²) in [6.07, 6.45) is -4.97. The molecule has 0 bridgehead atoms. The Morgan fingerprint density at radius 3 is 1.52 bits per heavy atom. The molecular formula is C28H27F6N5O. The summed E-state index contributed by atoms with van der Waals surface area (Å²) < 4.78 is 86.1. The summed E-state index contributed by atoms with van der Waals surface area (Å²) in [5, 5.41) is 24.0. The molecule has 3 aromatic rings. The van der Waals surface area contributed by atoms with E-state index < -0.39 is 30.1 Å². The summed E-state index contributed by atoms with van der Waals surface area (Å²) in [4.78, 5) is 0. The van der Waals surface area contributed by atoms with Gasteiger partial charge in [0.2, 0.25) is 0 Å². The van der Waals surface area contributed by atoms with Crippen LogP contribution >= 0.6 is 0 Å². The number of alkyl halides is 6. The fraction of sp³-hybridized carbons (Fsp3) is 0.357. The highest BCUT2D eigenvalue weighted by Gasteiger charge is 2.36. The van der Waals surface area contributed by atoms with E-state index in [0.717, 1.165) is 12.1 Å². The van der Waals surface area contributed by atoms with Gasteiger partial charge in [0.1, 0.15) is 0 Å². The van der Waals surface area contributed by atoms with Gasteiger partial charge < -0.3 is 20.3 Å². The van der Waals surface area contributed by atoms with Crippen molar-refractivity contribution in [2.75, 3.05) is 32.8 Å². The smallest absolute Gasteiger partial charge is 0.395 e. The van der Waals surface area contributed by atoms with Crippen molar-refractivity contribution in [1.82, 2.24) is 25.4 Å². The van der Waals surface area contributed by atoms with Crippen molar-refractivity contribution in [1.29, 1.82) is 0 Å². The summed E-state index contributed by atoms with van der Waals surface area (Å²) in [6.45, 7) is 1.51. The Morgan fingerprint density at radius 2 is 1.18 bits per heavy atom. The standard InChI is InChI=1S/C28H27F6N5O/c29-27(30,31)23-15-19(1-3-21(23)17-5-9-35-10-6-17)25-37-38-26(39(25)13-14-40)20-2-4-22(18-7-11-36-12-8-18)24(16-20)28(32,33)34/h1-5,7,15-16,35-36,40H,6,8-14H2. The lowest BCUT2D eigenvalue weighted by molar-refractivity contribution is -0.138. The van der Waals surface area contributed by atoms with Gasteiger partial charge in [0.25, 0.3) is 0 Å². The van der Waals surface area contributed by atoms with E-state index in [1.165, 1.54) is 28.8 Å². The van der Waals surface area contributed by atoms with Crippen molar-refractivity contribution in [2.45, 2.75) is 31.7 Å². The summed E-state index contributed by atoms with van der Waals surface area (Å²) >= 11 is 0. The minimum absolute atomic E-state index is 0.0130. The number of hydrogen-bond acceptors (Lipinski definition) is 5. The number of nitrogens with zero attached hydrogens (tertiary/aromatic N) is 3. The van der Waals surface area contributed by atoms with Crippen molar-refractivity contribution >= 4 is 11.1 Å². The number of hydrogen-bond donors (Lipinski definition) is 3. The van der Waals surface area contributed by atoms with E-state index in [9.17, 15) is 31.4 Å². The molecule has 3 heterocycles. The van der Waals surface area contributed by atoms with E-state index in [-0.39, 0.29) is 40.4 Å². The zero-order valence-corrected chi connectivity index (χ0v) is 21.3. The molecule has 212 valence electrons. The van der Waals surface area contributed by atoms with Crippen molar-refractivity contribution < 1.29 is 31.4 Å². The van der Waals surface area contributed by atoms with Crippen LogP contribution in [-0.2, 0) is 18.9 Å². The molecule has 0 saturated heterocycles. The summed E-state index contributed by atoms with van der Waals surface area (Å²) in [7, 11) is 0. The molecule has 0 spiro atoms. The summed E-state index contributed by atoms with van der Waals surface area (Å²) in [6, 6.07) is 7.71. The van der Waals surface area contributed by atoms with E-state index in [2.05, 4.69) is 20.8 Å². The van der Waals surface area contributed by atoms with Gasteiger partial charge in [-0.05, 0) is 60.3 Å². The van der Waals surface area contributed by atoms with Gasteiger partial charge in [-0.3, -0.25) is 0 Å². The number of aromatic nitrogens is 3. The van der Waals surface area contributed by atoms with Crippen LogP contribution < -0.4 is 10.6 Å². The molecule has 2 aromatic carbocycles. The van der Waals surface area contributed by atoms with E-state index >= 15 is 0 Å². The van der Waals surface area contributed by atoms with Crippen LogP contribution in [0.5, 0.6) is 0 Å². The largest absolute Gasteiger partial charge is 0.417 e. The number of halogens is 6. The molecule has 0 amide bonds. The van der Waals surface area contributed by atoms with Gasteiger partial charge in [-0.25, -0.2) is 0 Å². The van der Waals surface area contributed by atoms with Gasteiger partial charge in [-0.2, -0.15) is 26.3 Å². The molecule has 0 fully saturated rings. The first kappa shape index (κ1) is 28.1. The molecule has 0 aliphatic carbocycles. The van der Waals surface area contributed by atoms with E-state index in [4.69, 9.17) is 0 Å². The first-order chi connectivity index (χ1) is 19.1. The maximum atomic E-state index is 14.1. The Labute approximate surface area is 226 Å². The molecule has 3 N–H and O–H groups in total. The second-order valence-electron chi connectivity index (χ2n) is 9.61. The number of nitrogens with one attached hydrogen (secondary N) is 2. The van der Waals surface area contributed by atoms with Crippen molar-refractivity contribution in [2.24, 2.45) is 0 Å². The van der Waals surface area contributed by atoms with Crippen molar-refractivity contribution in [3.05, 3.63) is 70.8 Å². The lowest BCUT2D eigenvalue weighted by Gasteiger charge is -2.20. The molecular weight excluding hydrogens is 536 g/mol. The van der Waals surface area contributed by atoms with E-state index in [1.54, 1.807) is 12.2 Å². The maximum absolute atomic E-state index is 14.1. The summed E-state index contributed by atoms with van der Waals surface area (Å²) in [5.41, 5.74) is -0.185. The van der Waals surface area contributed by atoms with Crippen molar-refractivity contribution in [3.8, 4) is 22.8 Å². The highest BCUT2D eigenvalue weighted by molar-refractivity contribution is 5.75. The zero-order chi connectivity index (χ0) is 28.5. The molecule has 2 aliphatic heterocycles. The molecule has 0 saturated carbocycles. The fourth-order valence-corrected chi connectivity index (χ4v) is 5.17. The van der Waals surface area contributed by atoms with Crippen LogP contribution in [0.4, 0.5) is 26.3 Å². The van der Waals surface area contributed by atoms with Gasteiger partial charge in [-0.15, -0.1) is 10.2 Å². The molecule has 6 nitrogen and oxygen atoms in total. The minimum atomic E-state index is -4.65. The Hall–Kier alpha value is -3.48. The van der Waals surface area contributed by atoms with Gasteiger partial charge in [-0.1, -0.05) is 36.4 Å². The van der Waals surface area contributed by atoms with Crippen LogP contribution in [0, 0.1) is 0 Å². The zero-order valence-electron chi connectivity index (χ0n) is 21.3. The Balaban J connectivity index is 1.61. The quantitative estimate of drug-likeness (QED) is 0.351. The molecule has 5 rings (SSSR count). The third kappa shape index (κ3) is 5.70. The summed E-state index contributed by atoms with van der Waals surface area (Å²) in [5.74, 6) is 0.0261. The van der Waals surface area contributed by atoms with Crippen LogP contribution in [0.2, 0.25) is 0 Å². The average molecular weight is 564 g/mol. The molecule has 40 heavy (non-hydrogen) atoms. The van der Waals surface area contributed by atoms with Gasteiger partial charge >= 0.3 is 12.4 Å². The predicted octanol–water partition coefficient (Wildman–Crippen LogP) is 5.40. The third-order valence-electron chi connectivity index (χ3n) is 7.06. The SMILES string of the molecule is OCCn1c(-c2ccc(C3=CCNCC3)c(C(F)(F)F)c2)nnc1-c1ccc(C2=CCNCC2)c(C(F)(F)F)c1. The normalized spacial score (nSPS) is 16.6. The second kappa shape index (κ2) is 11.2. The Kier molecular flexibility index (Phi) is 7.85. The maximum Gasteiger partial charge on any atom is 0.417 e. The monoisotopic (exact) mass is 563 g/mol. The topological polar surface area (TPSA) is 75.0 Å². The van der Waals surface area contributed by atoms with E-state index in [0.29, 0.717) is 50.2 Å². The molecule has 0 radical (unpaired) electrons. The Morgan fingerprint density at radius 1 is 0.725 bits per heavy atom. The van der Waals surface area contributed by atoms with Crippen molar-refractivity contribution in [3.63, 3.8) is 0 Å².